The molecule has 1 aliphatic rings. The van der Waals surface area contributed by atoms with Gasteiger partial charge in [0.1, 0.15) is 11.9 Å². The van der Waals surface area contributed by atoms with E-state index in [0.29, 0.717) is 22.0 Å². The minimum absolute atomic E-state index is 0.234. The number of ether oxygens (including phenoxy) is 1. The molecule has 0 saturated heterocycles. The van der Waals surface area contributed by atoms with E-state index in [0.717, 1.165) is 11.3 Å². The Balaban J connectivity index is 1.59. The Morgan fingerprint density at radius 2 is 1.81 bits per heavy atom. The predicted octanol–water partition coefficient (Wildman–Crippen LogP) is 4.08. The zero-order chi connectivity index (χ0) is 22.7. The van der Waals surface area contributed by atoms with Gasteiger partial charge in [-0.2, -0.15) is 0 Å². The number of amides is 2. The van der Waals surface area contributed by atoms with Gasteiger partial charge in [-0.15, -0.1) is 0 Å². The summed E-state index contributed by atoms with van der Waals surface area (Å²) in [6.07, 6.45) is -0.604. The van der Waals surface area contributed by atoms with Gasteiger partial charge in [0, 0.05) is 30.5 Å². The summed E-state index contributed by atoms with van der Waals surface area (Å²) in [5, 5.41) is 5.04. The van der Waals surface area contributed by atoms with E-state index in [1.165, 1.54) is 5.01 Å². The van der Waals surface area contributed by atoms with Crippen LogP contribution in [0.15, 0.2) is 72.8 Å². The SMILES string of the molecule is CN(C)c1ccc(C2Nc3ccc(Cl)cc3C(=O)N2NC(=O)COc2ccccc2)cc1. The number of anilines is 2. The molecule has 0 aliphatic carbocycles. The third-order valence-corrected chi connectivity index (χ3v) is 5.30. The minimum Gasteiger partial charge on any atom is -0.484 e. The topological polar surface area (TPSA) is 73.9 Å². The first-order chi connectivity index (χ1) is 15.4. The molecule has 0 radical (unpaired) electrons. The van der Waals surface area contributed by atoms with Crippen molar-refractivity contribution in [1.82, 2.24) is 10.4 Å². The van der Waals surface area contributed by atoms with E-state index in [1.54, 1.807) is 30.3 Å². The Hall–Kier alpha value is -3.71. The molecule has 0 aromatic heterocycles. The summed E-state index contributed by atoms with van der Waals surface area (Å²) in [6.45, 7) is -0.234. The van der Waals surface area contributed by atoms with Crippen LogP contribution in [0.3, 0.4) is 0 Å². The number of hydrogen-bond donors (Lipinski definition) is 2. The molecule has 1 unspecified atom stereocenters. The molecule has 2 amide bonds. The van der Waals surface area contributed by atoms with Crippen LogP contribution in [0.1, 0.15) is 22.1 Å². The second-order valence-electron chi connectivity index (χ2n) is 7.53. The quantitative estimate of drug-likeness (QED) is 0.592. The van der Waals surface area contributed by atoms with Gasteiger partial charge >= 0.3 is 0 Å². The Kier molecular flexibility index (Phi) is 6.18. The molecule has 0 bridgehead atoms. The van der Waals surface area contributed by atoms with E-state index in [1.807, 2.05) is 61.5 Å². The van der Waals surface area contributed by atoms with Crippen LogP contribution in [0.2, 0.25) is 5.02 Å². The van der Waals surface area contributed by atoms with E-state index < -0.39 is 12.1 Å². The van der Waals surface area contributed by atoms with Crippen molar-refractivity contribution in [1.29, 1.82) is 0 Å². The van der Waals surface area contributed by atoms with Crippen LogP contribution in [-0.2, 0) is 4.79 Å². The van der Waals surface area contributed by atoms with Crippen LogP contribution in [0, 0.1) is 0 Å². The maximum Gasteiger partial charge on any atom is 0.276 e. The van der Waals surface area contributed by atoms with Crippen LogP contribution < -0.4 is 20.4 Å². The van der Waals surface area contributed by atoms with E-state index in [9.17, 15) is 9.59 Å². The molecular weight excluding hydrogens is 428 g/mol. The largest absolute Gasteiger partial charge is 0.484 e. The molecule has 8 heteroatoms. The molecule has 0 saturated carbocycles. The first-order valence-electron chi connectivity index (χ1n) is 10.1. The molecule has 0 fully saturated rings. The highest BCUT2D eigenvalue weighted by Gasteiger charge is 2.34. The van der Waals surface area contributed by atoms with Crippen molar-refractivity contribution in [3.63, 3.8) is 0 Å². The fourth-order valence-corrected chi connectivity index (χ4v) is 3.58. The molecule has 7 nitrogen and oxygen atoms in total. The average Bonchev–Trinajstić information content (AvgIpc) is 2.80. The third kappa shape index (κ3) is 4.63. The number of carbonyl (C=O) groups excluding carboxylic acids is 2. The summed E-state index contributed by atoms with van der Waals surface area (Å²) in [6, 6.07) is 21.8. The van der Waals surface area contributed by atoms with Gasteiger partial charge in [-0.1, -0.05) is 41.9 Å². The van der Waals surface area contributed by atoms with E-state index in [4.69, 9.17) is 16.3 Å². The van der Waals surface area contributed by atoms with E-state index in [2.05, 4.69) is 10.7 Å². The fourth-order valence-electron chi connectivity index (χ4n) is 3.41. The Morgan fingerprint density at radius 3 is 2.50 bits per heavy atom. The molecule has 2 N–H and O–H groups in total. The zero-order valence-electron chi connectivity index (χ0n) is 17.7. The first-order valence-corrected chi connectivity index (χ1v) is 10.4. The van der Waals surface area contributed by atoms with Gasteiger partial charge in [0.2, 0.25) is 0 Å². The molecule has 3 aromatic rings. The number of nitrogens with zero attached hydrogens (tertiary/aromatic N) is 2. The van der Waals surface area contributed by atoms with Crippen LogP contribution in [0.4, 0.5) is 11.4 Å². The highest BCUT2D eigenvalue weighted by atomic mass is 35.5. The maximum atomic E-state index is 13.3. The lowest BCUT2D eigenvalue weighted by molar-refractivity contribution is -0.127. The number of rotatable bonds is 6. The summed E-state index contributed by atoms with van der Waals surface area (Å²) in [4.78, 5) is 27.9. The molecule has 164 valence electrons. The van der Waals surface area contributed by atoms with Crippen molar-refractivity contribution in [2.45, 2.75) is 6.17 Å². The van der Waals surface area contributed by atoms with Crippen molar-refractivity contribution >= 4 is 34.8 Å². The van der Waals surface area contributed by atoms with Crippen LogP contribution in [-0.4, -0.2) is 37.5 Å². The van der Waals surface area contributed by atoms with Crippen molar-refractivity contribution < 1.29 is 14.3 Å². The Morgan fingerprint density at radius 1 is 1.09 bits per heavy atom. The van der Waals surface area contributed by atoms with Gasteiger partial charge in [-0.25, -0.2) is 5.01 Å². The number of halogens is 1. The Bertz CT molecular complexity index is 1120. The molecule has 4 rings (SSSR count). The molecule has 1 heterocycles. The van der Waals surface area contributed by atoms with Gasteiger partial charge in [0.05, 0.1) is 5.56 Å². The van der Waals surface area contributed by atoms with Crippen molar-refractivity contribution in [2.24, 2.45) is 0 Å². The lowest BCUT2D eigenvalue weighted by atomic mass is 10.0. The van der Waals surface area contributed by atoms with Crippen LogP contribution in [0.5, 0.6) is 5.75 Å². The van der Waals surface area contributed by atoms with Crippen molar-refractivity contribution in [3.8, 4) is 5.75 Å². The molecule has 32 heavy (non-hydrogen) atoms. The minimum atomic E-state index is -0.604. The van der Waals surface area contributed by atoms with E-state index in [-0.39, 0.29) is 12.5 Å². The second kappa shape index (κ2) is 9.20. The smallest absolute Gasteiger partial charge is 0.276 e. The highest BCUT2D eigenvalue weighted by molar-refractivity contribution is 6.31. The lowest BCUT2D eigenvalue weighted by Crippen LogP contribution is -2.53. The summed E-state index contributed by atoms with van der Waals surface area (Å²) in [7, 11) is 3.91. The Labute approximate surface area is 191 Å². The van der Waals surface area contributed by atoms with Gasteiger partial charge in [0.25, 0.3) is 11.8 Å². The number of nitrogens with one attached hydrogen (secondary N) is 2. The normalized spacial score (nSPS) is 14.9. The van der Waals surface area contributed by atoms with Crippen molar-refractivity contribution in [2.75, 3.05) is 30.9 Å². The number of benzene rings is 3. The van der Waals surface area contributed by atoms with E-state index >= 15 is 0 Å². The summed E-state index contributed by atoms with van der Waals surface area (Å²) in [5.74, 6) is -0.251. The third-order valence-electron chi connectivity index (χ3n) is 5.06. The number of hydrogen-bond acceptors (Lipinski definition) is 5. The number of fused-ring (bicyclic) bond motifs is 1. The molecule has 3 aromatic carbocycles. The number of carbonyl (C=O) groups is 2. The second-order valence-corrected chi connectivity index (χ2v) is 7.97. The average molecular weight is 451 g/mol. The molecule has 1 atom stereocenters. The standard InChI is InChI=1S/C24H23ClN4O3/c1-28(2)18-11-8-16(9-12-18)23-26-21-13-10-17(25)14-20(21)24(31)29(23)27-22(30)15-32-19-6-4-3-5-7-19/h3-14,23,26H,15H2,1-2H3,(H,27,30). The molecule has 0 spiro atoms. The molecular formula is C24H23ClN4O3. The summed E-state index contributed by atoms with van der Waals surface area (Å²) in [5.41, 5.74) is 5.55. The van der Waals surface area contributed by atoms with Gasteiger partial charge in [-0.05, 0) is 48.0 Å². The zero-order valence-corrected chi connectivity index (χ0v) is 18.5. The van der Waals surface area contributed by atoms with Gasteiger partial charge in [0.15, 0.2) is 6.61 Å². The van der Waals surface area contributed by atoms with Crippen LogP contribution in [0.25, 0.3) is 0 Å². The van der Waals surface area contributed by atoms with Gasteiger partial charge in [-0.3, -0.25) is 15.0 Å². The predicted molar refractivity (Wildman–Crippen MR) is 125 cm³/mol. The fraction of sp³-hybridized carbons (Fsp3) is 0.167. The highest BCUT2D eigenvalue weighted by Crippen LogP contribution is 2.34. The van der Waals surface area contributed by atoms with Crippen LogP contribution >= 0.6 is 11.6 Å². The van der Waals surface area contributed by atoms with Crippen molar-refractivity contribution in [3.05, 3.63) is 88.9 Å². The monoisotopic (exact) mass is 450 g/mol. The number of para-hydroxylation sites is 1. The summed E-state index contributed by atoms with van der Waals surface area (Å²) < 4.78 is 5.52. The maximum absolute atomic E-state index is 13.3. The number of hydrazine groups is 1. The lowest BCUT2D eigenvalue weighted by Gasteiger charge is -2.38. The molecule has 1 aliphatic heterocycles. The summed E-state index contributed by atoms with van der Waals surface area (Å²) >= 11 is 6.10. The first kappa shape index (κ1) is 21.5. The van der Waals surface area contributed by atoms with Gasteiger partial charge < -0.3 is 15.0 Å².